The third-order valence-electron chi connectivity index (χ3n) is 8.88. The Labute approximate surface area is 276 Å². The van der Waals surface area contributed by atoms with Crippen LogP contribution >= 0.6 is 0 Å². The molecule has 1 heterocycles. The summed E-state index contributed by atoms with van der Waals surface area (Å²) in [6, 6.07) is 65.2. The van der Waals surface area contributed by atoms with Crippen LogP contribution in [-0.4, -0.2) is 4.57 Å². The molecule has 0 saturated heterocycles. The van der Waals surface area contributed by atoms with E-state index in [-0.39, 0.29) is 0 Å². The molecule has 0 aliphatic rings. The fourth-order valence-electron chi connectivity index (χ4n) is 6.66. The number of nitrogens with zero attached hydrogens (tertiary/aromatic N) is 3. The average Bonchev–Trinajstić information content (AvgIpc) is 3.52. The fourth-order valence-corrected chi connectivity index (χ4v) is 6.66. The van der Waals surface area contributed by atoms with Crippen LogP contribution < -0.4 is 9.80 Å². The second-order valence-corrected chi connectivity index (χ2v) is 11.8. The highest BCUT2D eigenvalue weighted by Gasteiger charge is 2.18. The van der Waals surface area contributed by atoms with Gasteiger partial charge in [0.25, 0.3) is 0 Å². The Kier molecular flexibility index (Phi) is 7.49. The van der Waals surface area contributed by atoms with Crippen LogP contribution in [0.25, 0.3) is 27.4 Å². The van der Waals surface area contributed by atoms with Crippen molar-refractivity contribution in [3.8, 4) is 5.69 Å². The summed E-state index contributed by atoms with van der Waals surface area (Å²) in [4.78, 5) is 4.67. The summed E-state index contributed by atoms with van der Waals surface area (Å²) in [5.41, 5.74) is 10.4. The lowest BCUT2D eigenvalue weighted by Gasteiger charge is -2.28. The first-order valence-electron chi connectivity index (χ1n) is 16.3. The number of para-hydroxylation sites is 3. The van der Waals surface area contributed by atoms with E-state index < -0.39 is 0 Å². The lowest BCUT2D eigenvalue weighted by Crippen LogP contribution is -2.12. The van der Waals surface area contributed by atoms with Gasteiger partial charge in [0, 0.05) is 50.9 Å². The van der Waals surface area contributed by atoms with Crippen molar-refractivity contribution in [2.45, 2.75) is 13.3 Å². The molecule has 0 unspecified atom stereocenters. The van der Waals surface area contributed by atoms with Crippen LogP contribution in [0.3, 0.4) is 0 Å². The van der Waals surface area contributed by atoms with Gasteiger partial charge in [-0.05, 0) is 114 Å². The third kappa shape index (κ3) is 5.43. The van der Waals surface area contributed by atoms with Crippen molar-refractivity contribution in [2.75, 3.05) is 9.80 Å². The summed E-state index contributed by atoms with van der Waals surface area (Å²) >= 11 is 0. The van der Waals surface area contributed by atoms with Gasteiger partial charge >= 0.3 is 0 Å². The van der Waals surface area contributed by atoms with E-state index in [0.717, 1.165) is 40.5 Å². The van der Waals surface area contributed by atoms with Gasteiger partial charge in [-0.15, -0.1) is 0 Å². The van der Waals surface area contributed by atoms with E-state index in [1.807, 2.05) is 0 Å². The number of rotatable bonds is 8. The summed E-state index contributed by atoms with van der Waals surface area (Å²) in [6.45, 7) is 2.23. The molecule has 1 aromatic heterocycles. The molecule has 0 bridgehead atoms. The van der Waals surface area contributed by atoms with Crippen molar-refractivity contribution in [1.82, 2.24) is 4.57 Å². The molecule has 226 valence electrons. The zero-order chi connectivity index (χ0) is 31.6. The molecule has 0 amide bonds. The quantitative estimate of drug-likeness (QED) is 0.171. The molecule has 0 spiro atoms. The fraction of sp³-hybridized carbons (Fsp3) is 0.0455. The van der Waals surface area contributed by atoms with Crippen molar-refractivity contribution < 1.29 is 0 Å². The topological polar surface area (TPSA) is 11.4 Å². The molecule has 8 aromatic rings. The Morgan fingerprint density at radius 3 is 1.40 bits per heavy atom. The molecular formula is C44H35N3. The number of benzene rings is 7. The van der Waals surface area contributed by atoms with Crippen molar-refractivity contribution in [3.05, 3.63) is 188 Å². The SMILES string of the molecule is CCc1cc2cc(N(c3ccccc3)c3ccc(N(c4ccccc4)c4ccc5ccccc5c4)cc3)ccc2n1-c1ccccc1. The molecule has 0 N–H and O–H groups in total. The smallest absolute Gasteiger partial charge is 0.0532 e. The van der Waals surface area contributed by atoms with E-state index in [1.54, 1.807) is 0 Å². The second-order valence-electron chi connectivity index (χ2n) is 11.8. The van der Waals surface area contributed by atoms with Crippen LogP contribution in [0.2, 0.25) is 0 Å². The van der Waals surface area contributed by atoms with E-state index in [2.05, 4.69) is 203 Å². The molecule has 7 aromatic carbocycles. The minimum absolute atomic E-state index is 0.956. The highest BCUT2D eigenvalue weighted by molar-refractivity contribution is 5.91. The zero-order valence-electron chi connectivity index (χ0n) is 26.4. The summed E-state index contributed by atoms with van der Waals surface area (Å²) < 4.78 is 2.38. The second kappa shape index (κ2) is 12.4. The summed E-state index contributed by atoms with van der Waals surface area (Å²) in [5, 5.41) is 3.69. The molecule has 3 nitrogen and oxygen atoms in total. The lowest BCUT2D eigenvalue weighted by atomic mass is 10.1. The molecule has 3 heteroatoms. The predicted molar refractivity (Wildman–Crippen MR) is 200 cm³/mol. The lowest BCUT2D eigenvalue weighted by molar-refractivity contribution is 0.961. The van der Waals surface area contributed by atoms with E-state index in [4.69, 9.17) is 0 Å². The van der Waals surface area contributed by atoms with Gasteiger partial charge in [-0.2, -0.15) is 0 Å². The van der Waals surface area contributed by atoms with Crippen molar-refractivity contribution in [2.24, 2.45) is 0 Å². The molecule has 47 heavy (non-hydrogen) atoms. The summed E-state index contributed by atoms with van der Waals surface area (Å²) in [7, 11) is 0. The van der Waals surface area contributed by atoms with E-state index in [0.29, 0.717) is 0 Å². The normalized spacial score (nSPS) is 11.2. The van der Waals surface area contributed by atoms with Crippen LogP contribution in [0.1, 0.15) is 12.6 Å². The van der Waals surface area contributed by atoms with Gasteiger partial charge in [-0.3, -0.25) is 0 Å². The minimum Gasteiger partial charge on any atom is -0.314 e. The van der Waals surface area contributed by atoms with Crippen LogP contribution in [0.4, 0.5) is 34.1 Å². The standard InChI is InChI=1S/C44H35N3/c1-2-36-31-35-32-43(28-29-44(35)47(36)39-20-10-5-11-21-39)46(38-18-8-4-9-19-38)41-26-24-40(25-27-41)45(37-16-6-3-7-17-37)42-23-22-33-14-12-13-15-34(33)30-42/h3-32H,2H2,1H3. The predicted octanol–water partition coefficient (Wildman–Crippen LogP) is 12.3. The van der Waals surface area contributed by atoms with Crippen LogP contribution in [0.15, 0.2) is 182 Å². The molecule has 0 aliphatic heterocycles. The Balaban J connectivity index is 1.22. The van der Waals surface area contributed by atoms with E-state index >= 15 is 0 Å². The maximum Gasteiger partial charge on any atom is 0.0532 e. The van der Waals surface area contributed by atoms with Crippen molar-refractivity contribution in [1.29, 1.82) is 0 Å². The van der Waals surface area contributed by atoms with E-state index in [9.17, 15) is 0 Å². The molecule has 8 rings (SSSR count). The van der Waals surface area contributed by atoms with Gasteiger partial charge in [-0.1, -0.05) is 91.9 Å². The largest absolute Gasteiger partial charge is 0.314 e. The molecular weight excluding hydrogens is 571 g/mol. The maximum absolute atomic E-state index is 2.38. The number of fused-ring (bicyclic) bond motifs is 2. The van der Waals surface area contributed by atoms with Crippen LogP contribution in [0, 0.1) is 0 Å². The monoisotopic (exact) mass is 605 g/mol. The van der Waals surface area contributed by atoms with Gasteiger partial charge < -0.3 is 14.4 Å². The van der Waals surface area contributed by atoms with Crippen LogP contribution in [-0.2, 0) is 6.42 Å². The Bertz CT molecular complexity index is 2270. The summed E-state index contributed by atoms with van der Waals surface area (Å²) in [5.74, 6) is 0. The van der Waals surface area contributed by atoms with Gasteiger partial charge in [0.05, 0.1) is 5.52 Å². The van der Waals surface area contributed by atoms with Crippen molar-refractivity contribution in [3.63, 3.8) is 0 Å². The first-order chi connectivity index (χ1) is 23.3. The zero-order valence-corrected chi connectivity index (χ0v) is 26.4. The highest BCUT2D eigenvalue weighted by atomic mass is 15.2. The maximum atomic E-state index is 2.38. The minimum atomic E-state index is 0.956. The molecule has 0 radical (unpaired) electrons. The number of hydrogen-bond acceptors (Lipinski definition) is 2. The van der Waals surface area contributed by atoms with Gasteiger partial charge in [0.15, 0.2) is 0 Å². The molecule has 0 aliphatic carbocycles. The third-order valence-corrected chi connectivity index (χ3v) is 8.88. The van der Waals surface area contributed by atoms with Gasteiger partial charge in [-0.25, -0.2) is 0 Å². The van der Waals surface area contributed by atoms with Gasteiger partial charge in [0.1, 0.15) is 0 Å². The summed E-state index contributed by atoms with van der Waals surface area (Å²) in [6.07, 6.45) is 0.956. The number of anilines is 6. The average molecular weight is 606 g/mol. The number of aryl methyl sites for hydroxylation is 1. The Morgan fingerprint density at radius 1 is 0.383 bits per heavy atom. The molecule has 0 saturated carbocycles. The Hall–Kier alpha value is -6.06. The first-order valence-corrected chi connectivity index (χ1v) is 16.3. The van der Waals surface area contributed by atoms with Crippen LogP contribution in [0.5, 0.6) is 0 Å². The molecule has 0 fully saturated rings. The number of aromatic nitrogens is 1. The van der Waals surface area contributed by atoms with Gasteiger partial charge in [0.2, 0.25) is 0 Å². The Morgan fingerprint density at radius 2 is 0.830 bits per heavy atom. The number of hydrogen-bond donors (Lipinski definition) is 0. The van der Waals surface area contributed by atoms with E-state index in [1.165, 1.54) is 33.1 Å². The first kappa shape index (κ1) is 28.4. The highest BCUT2D eigenvalue weighted by Crippen LogP contribution is 2.40. The molecule has 0 atom stereocenters. The van der Waals surface area contributed by atoms with Crippen molar-refractivity contribution >= 4 is 55.8 Å².